The van der Waals surface area contributed by atoms with E-state index in [1.807, 2.05) is 0 Å². The van der Waals surface area contributed by atoms with E-state index in [4.69, 9.17) is 0 Å². The molecule has 1 saturated heterocycles. The lowest BCUT2D eigenvalue weighted by atomic mass is 9.85. The first-order valence-electron chi connectivity index (χ1n) is 9.98. The number of sulfonamides is 1. The van der Waals surface area contributed by atoms with Gasteiger partial charge in [-0.1, -0.05) is 25.8 Å². The van der Waals surface area contributed by atoms with Crippen molar-refractivity contribution in [1.29, 1.82) is 0 Å². The van der Waals surface area contributed by atoms with Crippen molar-refractivity contribution < 1.29 is 17.8 Å². The maximum Gasteiger partial charge on any atom is 0.245 e. The van der Waals surface area contributed by atoms with Crippen LogP contribution in [0.2, 0.25) is 0 Å². The molecular formula is C19H26N4O4S. The van der Waals surface area contributed by atoms with Crippen molar-refractivity contribution in [2.45, 2.75) is 56.4 Å². The number of benzene rings is 1. The van der Waals surface area contributed by atoms with Gasteiger partial charge in [0.15, 0.2) is 5.52 Å². The molecule has 1 aromatic carbocycles. The highest BCUT2D eigenvalue weighted by atomic mass is 32.2. The lowest BCUT2D eigenvalue weighted by molar-refractivity contribution is -0.127. The summed E-state index contributed by atoms with van der Waals surface area (Å²) in [7, 11) is -3.70. The first kappa shape index (κ1) is 19.3. The highest BCUT2D eigenvalue weighted by Crippen LogP contribution is 2.29. The van der Waals surface area contributed by atoms with Gasteiger partial charge in [-0.15, -0.1) is 0 Å². The first-order valence-corrected chi connectivity index (χ1v) is 11.4. The van der Waals surface area contributed by atoms with Crippen LogP contribution in [0.15, 0.2) is 27.7 Å². The Bertz CT molecular complexity index is 950. The molecular weight excluding hydrogens is 380 g/mol. The molecule has 152 valence electrons. The van der Waals surface area contributed by atoms with E-state index in [0.29, 0.717) is 37.4 Å². The van der Waals surface area contributed by atoms with Crippen LogP contribution >= 0.6 is 0 Å². The monoisotopic (exact) mass is 406 g/mol. The number of hydrogen-bond donors (Lipinski definition) is 1. The number of piperidine rings is 1. The molecule has 1 aliphatic carbocycles. The van der Waals surface area contributed by atoms with Crippen molar-refractivity contribution in [3.8, 4) is 0 Å². The van der Waals surface area contributed by atoms with E-state index in [9.17, 15) is 13.2 Å². The second kappa shape index (κ2) is 7.79. The summed E-state index contributed by atoms with van der Waals surface area (Å²) in [6, 6.07) is 5.06. The number of nitrogens with zero attached hydrogens (tertiary/aromatic N) is 3. The summed E-state index contributed by atoms with van der Waals surface area (Å²) in [5.41, 5.74) is 0.658. The van der Waals surface area contributed by atoms with Gasteiger partial charge in [0, 0.05) is 25.0 Å². The molecule has 2 aromatic rings. The molecule has 2 aliphatic rings. The van der Waals surface area contributed by atoms with Gasteiger partial charge in [-0.3, -0.25) is 4.79 Å². The number of nitrogens with one attached hydrogen (secondary N) is 1. The number of carbonyl (C=O) groups excluding carboxylic acids is 1. The zero-order valence-corrected chi connectivity index (χ0v) is 16.8. The fourth-order valence-corrected chi connectivity index (χ4v) is 5.92. The maximum absolute atomic E-state index is 13.1. The van der Waals surface area contributed by atoms with Gasteiger partial charge in [0.25, 0.3) is 0 Å². The number of amides is 1. The summed E-state index contributed by atoms with van der Waals surface area (Å²) >= 11 is 0. The van der Waals surface area contributed by atoms with Gasteiger partial charge >= 0.3 is 0 Å². The molecule has 1 aromatic heterocycles. The molecule has 1 saturated carbocycles. The van der Waals surface area contributed by atoms with Gasteiger partial charge in [0.05, 0.1) is 0 Å². The van der Waals surface area contributed by atoms with Crippen molar-refractivity contribution in [3.63, 3.8) is 0 Å². The van der Waals surface area contributed by atoms with Crippen LogP contribution in [-0.2, 0) is 14.8 Å². The maximum atomic E-state index is 13.1. The molecule has 2 atom stereocenters. The fourth-order valence-electron chi connectivity index (χ4n) is 4.32. The highest BCUT2D eigenvalue weighted by molar-refractivity contribution is 7.89. The quantitative estimate of drug-likeness (QED) is 0.835. The topological polar surface area (TPSA) is 105 Å². The molecule has 2 fully saturated rings. The van der Waals surface area contributed by atoms with Gasteiger partial charge in [-0.05, 0) is 54.0 Å². The summed E-state index contributed by atoms with van der Waals surface area (Å²) in [6.07, 6.45) is 5.64. The second-order valence-corrected chi connectivity index (χ2v) is 9.85. The molecule has 1 amide bonds. The summed E-state index contributed by atoms with van der Waals surface area (Å²) in [5, 5.41) is 10.7. The predicted octanol–water partition coefficient (Wildman–Crippen LogP) is 2.32. The predicted molar refractivity (Wildman–Crippen MR) is 103 cm³/mol. The molecule has 9 heteroatoms. The van der Waals surface area contributed by atoms with E-state index < -0.39 is 10.0 Å². The van der Waals surface area contributed by atoms with Crippen LogP contribution in [0.4, 0.5) is 0 Å². The van der Waals surface area contributed by atoms with Crippen molar-refractivity contribution >= 4 is 27.0 Å². The largest absolute Gasteiger partial charge is 0.353 e. The van der Waals surface area contributed by atoms with E-state index >= 15 is 0 Å². The Kier molecular flexibility index (Phi) is 5.37. The van der Waals surface area contributed by atoms with Crippen molar-refractivity contribution in [2.75, 3.05) is 13.1 Å². The number of aromatic nitrogens is 2. The smallest absolute Gasteiger partial charge is 0.245 e. The third kappa shape index (κ3) is 3.65. The van der Waals surface area contributed by atoms with E-state index in [1.54, 1.807) is 12.1 Å². The molecule has 2 heterocycles. The minimum absolute atomic E-state index is 0.0681. The lowest BCUT2D eigenvalue weighted by Gasteiger charge is -2.34. The minimum atomic E-state index is -3.70. The summed E-state index contributed by atoms with van der Waals surface area (Å²) in [6.45, 7) is 2.84. The first-order chi connectivity index (χ1) is 13.5. The third-order valence-electron chi connectivity index (χ3n) is 6.13. The standard InChI is InChI=1S/C19H26N4O4S/c1-13-5-2-3-6-15(13)20-19(24)14-9-11-23(12-10-14)28(25,26)17-8-4-7-16-18(17)22-27-21-16/h4,7-8,13-15H,2-3,5-6,9-12H2,1H3,(H,20,24)/t13-,15+/m0/s1. The number of rotatable bonds is 4. The van der Waals surface area contributed by atoms with Crippen LogP contribution in [-0.4, -0.2) is 48.1 Å². The molecule has 8 nitrogen and oxygen atoms in total. The molecule has 1 aliphatic heterocycles. The molecule has 4 rings (SSSR count). The Hall–Kier alpha value is -2.00. The van der Waals surface area contributed by atoms with Crippen LogP contribution in [0.25, 0.3) is 11.0 Å². The van der Waals surface area contributed by atoms with E-state index in [0.717, 1.165) is 19.3 Å². The van der Waals surface area contributed by atoms with Crippen LogP contribution in [0.5, 0.6) is 0 Å². The highest BCUT2D eigenvalue weighted by Gasteiger charge is 2.34. The van der Waals surface area contributed by atoms with Crippen LogP contribution in [0, 0.1) is 11.8 Å². The van der Waals surface area contributed by atoms with Crippen LogP contribution < -0.4 is 5.32 Å². The molecule has 0 bridgehead atoms. The fraction of sp³-hybridized carbons (Fsp3) is 0.632. The average molecular weight is 407 g/mol. The summed E-state index contributed by atoms with van der Waals surface area (Å²) in [5.74, 6) is 0.443. The SMILES string of the molecule is C[C@H]1CCCC[C@H]1NC(=O)C1CCN(S(=O)(=O)c2cccc3nonc23)CC1. The number of carbonyl (C=O) groups is 1. The minimum Gasteiger partial charge on any atom is -0.353 e. The molecule has 0 radical (unpaired) electrons. The van der Waals surface area contributed by atoms with Gasteiger partial charge < -0.3 is 5.32 Å². The molecule has 0 spiro atoms. The van der Waals surface area contributed by atoms with Crippen LogP contribution in [0.1, 0.15) is 45.4 Å². The van der Waals surface area contributed by atoms with E-state index in [2.05, 4.69) is 27.2 Å². The van der Waals surface area contributed by atoms with Crippen LogP contribution in [0.3, 0.4) is 0 Å². The Morgan fingerprint density at radius 2 is 1.89 bits per heavy atom. The van der Waals surface area contributed by atoms with E-state index in [1.165, 1.54) is 16.8 Å². The van der Waals surface area contributed by atoms with Gasteiger partial charge in [0.2, 0.25) is 15.9 Å². The third-order valence-corrected chi connectivity index (χ3v) is 8.06. The molecule has 1 N–H and O–H groups in total. The Labute approximate surface area is 164 Å². The number of hydrogen-bond acceptors (Lipinski definition) is 6. The van der Waals surface area contributed by atoms with Gasteiger partial charge in [0.1, 0.15) is 10.4 Å². The van der Waals surface area contributed by atoms with E-state index in [-0.39, 0.29) is 28.3 Å². The molecule has 28 heavy (non-hydrogen) atoms. The van der Waals surface area contributed by atoms with Crippen molar-refractivity contribution in [3.05, 3.63) is 18.2 Å². The van der Waals surface area contributed by atoms with Gasteiger partial charge in [-0.2, -0.15) is 4.31 Å². The van der Waals surface area contributed by atoms with Gasteiger partial charge in [-0.25, -0.2) is 13.0 Å². The molecule has 0 unspecified atom stereocenters. The lowest BCUT2D eigenvalue weighted by Crippen LogP contribution is -2.47. The Morgan fingerprint density at radius 3 is 2.64 bits per heavy atom. The summed E-state index contributed by atoms with van der Waals surface area (Å²) < 4.78 is 32.2. The summed E-state index contributed by atoms with van der Waals surface area (Å²) in [4.78, 5) is 12.8. The van der Waals surface area contributed by atoms with Crippen molar-refractivity contribution in [2.24, 2.45) is 11.8 Å². The Balaban J connectivity index is 1.41. The Morgan fingerprint density at radius 1 is 1.14 bits per heavy atom. The average Bonchev–Trinajstić information content (AvgIpc) is 3.18. The zero-order valence-electron chi connectivity index (χ0n) is 16.0. The zero-order chi connectivity index (χ0) is 19.7. The normalized spacial score (nSPS) is 25.0. The number of fused-ring (bicyclic) bond motifs is 1. The van der Waals surface area contributed by atoms with Crippen molar-refractivity contribution in [1.82, 2.24) is 19.9 Å². The second-order valence-electron chi connectivity index (χ2n) is 7.94.